The summed E-state index contributed by atoms with van der Waals surface area (Å²) in [5.41, 5.74) is 0. The summed E-state index contributed by atoms with van der Waals surface area (Å²) in [5, 5.41) is 0. The minimum absolute atomic E-state index is 0. The standard InChI is InChI=1S/H2O.2O.Rb.V.H/h1H2;;;;;/q;;;;+1;/p-1. The molecule has 26 valence electrons. The summed E-state index contributed by atoms with van der Waals surface area (Å²) in [4.78, 5) is 0. The molecule has 0 aliphatic rings. The Hall–Kier alpha value is 1.95. The van der Waals surface area contributed by atoms with E-state index >= 15 is 0 Å². The van der Waals surface area contributed by atoms with Crippen molar-refractivity contribution in [3.63, 3.8) is 0 Å². The van der Waals surface area contributed by atoms with E-state index in [2.05, 4.69) is 0 Å². The van der Waals surface area contributed by atoms with Crippen LogP contribution in [0.25, 0.3) is 0 Å². The van der Waals surface area contributed by atoms with Crippen LogP contribution in [0.4, 0.5) is 0 Å². The first-order valence-corrected chi connectivity index (χ1v) is 2.33. The molecule has 1 N–H and O–H groups in total. The molecule has 0 aromatic heterocycles. The van der Waals surface area contributed by atoms with Gasteiger partial charge in [0.05, 0.1) is 0 Å². The van der Waals surface area contributed by atoms with Crippen molar-refractivity contribution in [1.29, 1.82) is 0 Å². The summed E-state index contributed by atoms with van der Waals surface area (Å²) in [6.45, 7) is 0. The normalized spacial score (nSPS) is 5.00. The van der Waals surface area contributed by atoms with E-state index in [-0.39, 0.29) is 58.2 Å². The van der Waals surface area contributed by atoms with Gasteiger partial charge in [0, 0.05) is 0 Å². The minimum atomic E-state index is -3.69. The summed E-state index contributed by atoms with van der Waals surface area (Å²) in [6, 6.07) is 0. The predicted octanol–water partition coefficient (Wildman–Crippen LogP) is -1.45. The summed E-state index contributed by atoms with van der Waals surface area (Å²) < 4.78 is 24.4. The van der Waals surface area contributed by atoms with Crippen LogP contribution in [0, 0.1) is 0 Å². The molecule has 0 aromatic carbocycles. The molecule has 0 bridgehead atoms. The molecular formula is H2O3RbV. The van der Waals surface area contributed by atoms with E-state index in [0.29, 0.717) is 0 Å². The van der Waals surface area contributed by atoms with Gasteiger partial charge < -0.3 is 0 Å². The van der Waals surface area contributed by atoms with Gasteiger partial charge in [-0.3, -0.25) is 0 Å². The van der Waals surface area contributed by atoms with Gasteiger partial charge in [0.2, 0.25) is 0 Å². The summed E-state index contributed by atoms with van der Waals surface area (Å²) in [6.07, 6.45) is 0. The van der Waals surface area contributed by atoms with Crippen LogP contribution in [0.3, 0.4) is 0 Å². The molecule has 0 saturated carbocycles. The molecule has 0 unspecified atom stereocenters. The fourth-order valence-corrected chi connectivity index (χ4v) is 0. The second-order valence-electron chi connectivity index (χ2n) is 0.238. The Morgan fingerprint density at radius 3 is 1.40 bits per heavy atom. The van der Waals surface area contributed by atoms with Crippen molar-refractivity contribution >= 4 is 58.2 Å². The first-order chi connectivity index (χ1) is 1.73. The molecule has 0 heterocycles. The molecule has 5 heteroatoms. The van der Waals surface area contributed by atoms with Gasteiger partial charge in [-0.05, 0) is 0 Å². The third-order valence-electron chi connectivity index (χ3n) is 0. The van der Waals surface area contributed by atoms with Crippen LogP contribution in [0.15, 0.2) is 0 Å². The van der Waals surface area contributed by atoms with Crippen LogP contribution in [-0.2, 0) is 22.7 Å². The third kappa shape index (κ3) is 24.4. The Kier molecular flexibility index (Phi) is 11.9. The molecule has 0 aliphatic carbocycles. The molecule has 0 radical (unpaired) electrons. The molecular weight excluding hydrogens is 184 g/mol. The predicted molar refractivity (Wildman–Crippen MR) is 10.7 cm³/mol. The van der Waals surface area contributed by atoms with Crippen LogP contribution in [0.1, 0.15) is 0 Å². The van der Waals surface area contributed by atoms with E-state index < -0.39 is 15.4 Å². The molecule has 0 fully saturated rings. The molecule has 0 rings (SSSR count). The Bertz CT molecular complexity index is 55.3. The zero-order valence-corrected chi connectivity index (χ0v) is 3.11. The summed E-state index contributed by atoms with van der Waals surface area (Å²) in [7, 11) is 0. The topological polar surface area (TPSA) is 54.4 Å². The Morgan fingerprint density at radius 2 is 1.40 bits per heavy atom. The monoisotopic (exact) mass is 186 g/mol. The van der Waals surface area contributed by atoms with E-state index in [0.717, 1.165) is 0 Å². The van der Waals surface area contributed by atoms with Crippen LogP contribution < -0.4 is 0 Å². The molecule has 0 saturated heterocycles. The van der Waals surface area contributed by atoms with E-state index in [1.807, 2.05) is 0 Å². The van der Waals surface area contributed by atoms with Crippen molar-refractivity contribution in [2.75, 3.05) is 0 Å². The first kappa shape index (κ1) is 10.0. The van der Waals surface area contributed by atoms with Crippen LogP contribution in [0.5, 0.6) is 0 Å². The zero-order valence-electron chi connectivity index (χ0n) is 1.71. The zero-order chi connectivity index (χ0) is 3.58. The van der Waals surface area contributed by atoms with E-state index in [1.54, 1.807) is 0 Å². The molecule has 3 nitrogen and oxygen atoms in total. The second kappa shape index (κ2) is 5.95. The Labute approximate surface area is 82.9 Å². The van der Waals surface area contributed by atoms with Gasteiger partial charge in [-0.15, -0.1) is 0 Å². The Balaban J connectivity index is 0. The van der Waals surface area contributed by atoms with Crippen molar-refractivity contribution in [2.45, 2.75) is 0 Å². The van der Waals surface area contributed by atoms with Crippen molar-refractivity contribution in [1.82, 2.24) is 0 Å². The molecule has 0 atom stereocenters. The average Bonchev–Trinajstić information content (AvgIpc) is 0.811. The fraction of sp³-hybridized carbons (Fsp3) is 0. The number of rotatable bonds is 0. The summed E-state index contributed by atoms with van der Waals surface area (Å²) in [5.74, 6) is 0. The third-order valence-corrected chi connectivity index (χ3v) is 0. The van der Waals surface area contributed by atoms with Gasteiger partial charge in [0.25, 0.3) is 0 Å². The molecule has 0 amide bonds. The number of hydrogen-bond donors (Lipinski definition) is 1. The van der Waals surface area contributed by atoms with Crippen LogP contribution in [-0.4, -0.2) is 62.2 Å². The van der Waals surface area contributed by atoms with Gasteiger partial charge in [-0.25, -0.2) is 0 Å². The quantitative estimate of drug-likeness (QED) is 0.504. The van der Waals surface area contributed by atoms with Crippen molar-refractivity contribution in [2.24, 2.45) is 0 Å². The molecule has 0 aliphatic heterocycles. The second-order valence-corrected chi connectivity index (χ2v) is 0.981. The van der Waals surface area contributed by atoms with E-state index in [4.69, 9.17) is 11.4 Å². The van der Waals surface area contributed by atoms with Gasteiger partial charge in [-0.1, -0.05) is 0 Å². The van der Waals surface area contributed by atoms with Crippen molar-refractivity contribution in [3.8, 4) is 0 Å². The molecule has 0 spiro atoms. The first-order valence-electron chi connectivity index (χ1n) is 0.565. The van der Waals surface area contributed by atoms with Crippen LogP contribution >= 0.6 is 0 Å². The van der Waals surface area contributed by atoms with E-state index in [9.17, 15) is 0 Å². The Morgan fingerprint density at radius 1 is 1.40 bits per heavy atom. The van der Waals surface area contributed by atoms with Gasteiger partial charge in [0.1, 0.15) is 0 Å². The average molecular weight is 186 g/mol. The molecule has 0 aromatic rings. The fourth-order valence-electron chi connectivity index (χ4n) is 0. The maximum atomic E-state index is 8.67. The van der Waals surface area contributed by atoms with Gasteiger partial charge in [0.15, 0.2) is 0 Å². The van der Waals surface area contributed by atoms with Crippen molar-refractivity contribution < 1.29 is 26.8 Å². The van der Waals surface area contributed by atoms with Gasteiger partial charge >= 0.3 is 85.0 Å². The van der Waals surface area contributed by atoms with Gasteiger partial charge in [-0.2, -0.15) is 0 Å². The number of hydrogen-bond acceptors (Lipinski definition) is 2. The SMILES string of the molecule is [O]=[V](=[O])[OH].[RbH]. The van der Waals surface area contributed by atoms with E-state index in [1.165, 1.54) is 0 Å². The molecule has 5 heavy (non-hydrogen) atoms. The summed E-state index contributed by atoms with van der Waals surface area (Å²) >= 11 is -3.69. The maximum absolute atomic E-state index is 8.67. The van der Waals surface area contributed by atoms with Crippen LogP contribution in [0.2, 0.25) is 0 Å². The van der Waals surface area contributed by atoms with Crippen molar-refractivity contribution in [3.05, 3.63) is 0 Å².